The lowest BCUT2D eigenvalue weighted by molar-refractivity contribution is 0.0817. The van der Waals surface area contributed by atoms with Crippen molar-refractivity contribution in [2.75, 3.05) is 19.7 Å². The lowest BCUT2D eigenvalue weighted by Gasteiger charge is -2.32. The predicted molar refractivity (Wildman–Crippen MR) is 159 cm³/mol. The number of fused-ring (bicyclic) bond motifs is 1. The van der Waals surface area contributed by atoms with E-state index in [-0.39, 0.29) is 10.4 Å². The summed E-state index contributed by atoms with van der Waals surface area (Å²) in [5, 5.41) is 13.8. The Balaban J connectivity index is 1.50. The maximum atomic E-state index is 13.6. The summed E-state index contributed by atoms with van der Waals surface area (Å²) in [5.41, 5.74) is 4.26. The Labute approximate surface area is 238 Å². The average molecular weight is 581 g/mol. The molecule has 40 heavy (non-hydrogen) atoms. The smallest absolute Gasteiger partial charge is 0.264 e. The van der Waals surface area contributed by atoms with Crippen molar-refractivity contribution < 1.29 is 13.2 Å². The monoisotopic (exact) mass is 580 g/mol. The first kappa shape index (κ1) is 28.7. The molecule has 0 spiro atoms. The molecule has 0 bridgehead atoms. The van der Waals surface area contributed by atoms with Gasteiger partial charge in [-0.15, -0.1) is 5.10 Å². The second-order valence-electron chi connectivity index (χ2n) is 12.1. The van der Waals surface area contributed by atoms with Gasteiger partial charge in [-0.3, -0.25) is 0 Å². The standard InChI is InChI=1S/C29H40N6O3SSi/c1-6-24-17-27-25(19-31-35(27)22-38-14-15-40(3,4)5)16-26(24)29(18-23-10-8-7-9-11-23)12-13-34(21-29)39(36,37)28-20-30-33(2)32-28/h7-11,16-17,19-20H,6,12-15,18,21-22H2,1-5H3. The molecule has 0 aliphatic carbocycles. The van der Waals surface area contributed by atoms with Crippen molar-refractivity contribution in [3.05, 3.63) is 71.5 Å². The molecule has 2 aromatic carbocycles. The molecule has 1 aliphatic rings. The molecule has 4 aromatic rings. The molecule has 1 saturated heterocycles. The first-order valence-corrected chi connectivity index (χ1v) is 19.1. The van der Waals surface area contributed by atoms with Crippen molar-refractivity contribution in [3.63, 3.8) is 0 Å². The van der Waals surface area contributed by atoms with E-state index in [1.54, 1.807) is 11.4 Å². The largest absolute Gasteiger partial charge is 0.360 e. The fourth-order valence-corrected chi connectivity index (χ4v) is 7.82. The van der Waals surface area contributed by atoms with Gasteiger partial charge in [-0.25, -0.2) is 13.1 Å². The molecule has 0 N–H and O–H groups in total. The van der Waals surface area contributed by atoms with Crippen molar-refractivity contribution in [1.82, 2.24) is 29.1 Å². The summed E-state index contributed by atoms with van der Waals surface area (Å²) in [5.74, 6) is 0. The van der Waals surface area contributed by atoms with E-state index in [4.69, 9.17) is 4.74 Å². The molecule has 11 heteroatoms. The van der Waals surface area contributed by atoms with Crippen LogP contribution < -0.4 is 0 Å². The maximum absolute atomic E-state index is 13.6. The summed E-state index contributed by atoms with van der Waals surface area (Å²) in [6, 6.07) is 15.9. The number of benzene rings is 2. The normalized spacial score (nSPS) is 18.6. The first-order chi connectivity index (χ1) is 19.0. The van der Waals surface area contributed by atoms with Crippen LogP contribution in [-0.4, -0.2) is 65.3 Å². The van der Waals surface area contributed by atoms with Crippen LogP contribution in [0.4, 0.5) is 0 Å². The highest BCUT2D eigenvalue weighted by molar-refractivity contribution is 7.89. The van der Waals surface area contributed by atoms with Crippen LogP contribution in [-0.2, 0) is 46.8 Å². The van der Waals surface area contributed by atoms with Gasteiger partial charge < -0.3 is 4.74 Å². The number of ether oxygens (including phenoxy) is 1. The number of aromatic nitrogens is 5. The minimum absolute atomic E-state index is 0.00733. The lowest BCUT2D eigenvalue weighted by atomic mass is 9.72. The zero-order valence-corrected chi connectivity index (χ0v) is 26.0. The molecule has 5 rings (SSSR count). The molecule has 3 heterocycles. The molecular formula is C29H40N6O3SSi. The molecule has 0 radical (unpaired) electrons. The quantitative estimate of drug-likeness (QED) is 0.190. The van der Waals surface area contributed by atoms with Crippen LogP contribution >= 0.6 is 0 Å². The third-order valence-corrected chi connectivity index (χ3v) is 11.3. The summed E-state index contributed by atoms with van der Waals surface area (Å²) in [6.07, 6.45) is 5.52. The second kappa shape index (κ2) is 11.2. The van der Waals surface area contributed by atoms with E-state index in [0.29, 0.717) is 26.2 Å². The summed E-state index contributed by atoms with van der Waals surface area (Å²) in [7, 11) is -3.29. The third-order valence-electron chi connectivity index (χ3n) is 7.92. The van der Waals surface area contributed by atoms with Gasteiger partial charge in [-0.1, -0.05) is 56.9 Å². The first-order valence-electron chi connectivity index (χ1n) is 14.0. The van der Waals surface area contributed by atoms with Gasteiger partial charge in [-0.05, 0) is 54.1 Å². The van der Waals surface area contributed by atoms with Crippen molar-refractivity contribution >= 4 is 29.0 Å². The topological polar surface area (TPSA) is 95.1 Å². The van der Waals surface area contributed by atoms with Gasteiger partial charge in [0.15, 0.2) is 0 Å². The zero-order chi connectivity index (χ0) is 28.5. The molecule has 214 valence electrons. The Kier molecular flexibility index (Phi) is 8.02. The van der Waals surface area contributed by atoms with Crippen LogP contribution in [0.3, 0.4) is 0 Å². The Morgan fingerprint density at radius 2 is 1.85 bits per heavy atom. The summed E-state index contributed by atoms with van der Waals surface area (Å²) >= 11 is 0. The highest BCUT2D eigenvalue weighted by Gasteiger charge is 2.46. The molecule has 1 atom stereocenters. The molecule has 1 unspecified atom stereocenters. The van der Waals surface area contributed by atoms with Gasteiger partial charge in [0, 0.05) is 45.6 Å². The van der Waals surface area contributed by atoms with Crippen LogP contribution in [0.2, 0.25) is 25.7 Å². The molecule has 0 saturated carbocycles. The van der Waals surface area contributed by atoms with E-state index >= 15 is 0 Å². The molecule has 9 nitrogen and oxygen atoms in total. The van der Waals surface area contributed by atoms with E-state index in [2.05, 4.69) is 66.1 Å². The Bertz CT molecular complexity index is 1580. The Morgan fingerprint density at radius 3 is 2.52 bits per heavy atom. The van der Waals surface area contributed by atoms with Crippen LogP contribution in [0.5, 0.6) is 0 Å². The van der Waals surface area contributed by atoms with Crippen LogP contribution in [0.1, 0.15) is 30.0 Å². The SMILES string of the molecule is CCc1cc2c(cnn2COCC[Si](C)(C)C)cc1C1(Cc2ccccc2)CCN(S(=O)(=O)c2cnn(C)n2)C1. The minimum Gasteiger partial charge on any atom is -0.360 e. The van der Waals surface area contributed by atoms with Crippen molar-refractivity contribution in [2.45, 2.75) is 69.0 Å². The van der Waals surface area contributed by atoms with E-state index in [1.165, 1.54) is 27.7 Å². The lowest BCUT2D eigenvalue weighted by Crippen LogP contribution is -2.37. The molecule has 1 aliphatic heterocycles. The van der Waals surface area contributed by atoms with Crippen molar-refractivity contribution in [2.24, 2.45) is 7.05 Å². The number of rotatable bonds is 11. The van der Waals surface area contributed by atoms with Crippen molar-refractivity contribution in [3.8, 4) is 0 Å². The summed E-state index contributed by atoms with van der Waals surface area (Å²) in [6.45, 7) is 11.2. The van der Waals surface area contributed by atoms with E-state index < -0.39 is 18.1 Å². The fraction of sp³-hybridized carbons (Fsp3) is 0.483. The zero-order valence-electron chi connectivity index (χ0n) is 24.2. The van der Waals surface area contributed by atoms with Gasteiger partial charge in [0.1, 0.15) is 6.73 Å². The minimum atomic E-state index is -3.76. The van der Waals surface area contributed by atoms with E-state index in [1.807, 2.05) is 29.1 Å². The molecule has 1 fully saturated rings. The number of hydrogen-bond donors (Lipinski definition) is 0. The van der Waals surface area contributed by atoms with Gasteiger partial charge in [0.25, 0.3) is 10.0 Å². The molecule has 2 aromatic heterocycles. The fourth-order valence-electron chi connectivity index (χ4n) is 5.65. The Hall–Kier alpha value is -2.86. The van der Waals surface area contributed by atoms with Crippen LogP contribution in [0.15, 0.2) is 59.9 Å². The van der Waals surface area contributed by atoms with Crippen molar-refractivity contribution in [1.29, 1.82) is 0 Å². The number of nitrogens with zero attached hydrogens (tertiary/aromatic N) is 6. The average Bonchev–Trinajstić information content (AvgIpc) is 3.65. The van der Waals surface area contributed by atoms with Gasteiger partial charge >= 0.3 is 0 Å². The number of aryl methyl sites for hydroxylation is 2. The second-order valence-corrected chi connectivity index (χ2v) is 19.6. The van der Waals surface area contributed by atoms with Gasteiger partial charge in [0.05, 0.1) is 17.9 Å². The van der Waals surface area contributed by atoms with E-state index in [9.17, 15) is 8.42 Å². The van der Waals surface area contributed by atoms with Gasteiger partial charge in [0.2, 0.25) is 5.03 Å². The van der Waals surface area contributed by atoms with Crippen LogP contribution in [0, 0.1) is 0 Å². The Morgan fingerprint density at radius 1 is 1.07 bits per heavy atom. The third kappa shape index (κ3) is 5.92. The summed E-state index contributed by atoms with van der Waals surface area (Å²) < 4.78 is 36.7. The van der Waals surface area contributed by atoms with Crippen LogP contribution in [0.25, 0.3) is 10.9 Å². The maximum Gasteiger partial charge on any atom is 0.264 e. The molecular weight excluding hydrogens is 541 g/mol. The predicted octanol–water partition coefficient (Wildman–Crippen LogP) is 4.61. The highest BCUT2D eigenvalue weighted by Crippen LogP contribution is 2.42. The number of hydrogen-bond acceptors (Lipinski definition) is 6. The van der Waals surface area contributed by atoms with E-state index in [0.717, 1.165) is 36.4 Å². The number of sulfonamides is 1. The molecule has 0 amide bonds. The highest BCUT2D eigenvalue weighted by atomic mass is 32.2. The summed E-state index contributed by atoms with van der Waals surface area (Å²) in [4.78, 5) is 1.29. The van der Waals surface area contributed by atoms with Gasteiger partial charge in [-0.2, -0.15) is 19.3 Å².